The SMILES string of the molecule is CN1CN(CC(=O)N2N=C(c3cccs3)C[C@H]2c2cccs2)CC1=O. The monoisotopic (exact) mass is 374 g/mol. The highest BCUT2D eigenvalue weighted by molar-refractivity contribution is 7.12. The van der Waals surface area contributed by atoms with Crippen LogP contribution in [0.5, 0.6) is 0 Å². The van der Waals surface area contributed by atoms with Gasteiger partial charge in [-0.15, -0.1) is 22.7 Å². The second-order valence-corrected chi connectivity index (χ2v) is 8.14. The third-order valence-electron chi connectivity index (χ3n) is 4.40. The number of hydrogen-bond acceptors (Lipinski definition) is 6. The molecule has 4 heterocycles. The van der Waals surface area contributed by atoms with Crippen LogP contribution < -0.4 is 0 Å². The van der Waals surface area contributed by atoms with Gasteiger partial charge in [0.2, 0.25) is 5.91 Å². The molecule has 0 saturated carbocycles. The van der Waals surface area contributed by atoms with Crippen molar-refractivity contribution in [2.24, 2.45) is 5.10 Å². The number of carbonyl (C=O) groups is 2. The summed E-state index contributed by atoms with van der Waals surface area (Å²) in [6.07, 6.45) is 0.728. The first kappa shape index (κ1) is 16.4. The first-order valence-corrected chi connectivity index (χ1v) is 9.81. The summed E-state index contributed by atoms with van der Waals surface area (Å²) < 4.78 is 0. The lowest BCUT2D eigenvalue weighted by molar-refractivity contribution is -0.134. The van der Waals surface area contributed by atoms with Gasteiger partial charge in [-0.05, 0) is 22.9 Å². The summed E-state index contributed by atoms with van der Waals surface area (Å²) in [5.74, 6) is -0.0140. The third-order valence-corrected chi connectivity index (χ3v) is 6.29. The van der Waals surface area contributed by atoms with E-state index in [9.17, 15) is 9.59 Å². The van der Waals surface area contributed by atoms with Crippen LogP contribution in [0.1, 0.15) is 22.2 Å². The minimum absolute atomic E-state index is 0.0480. The quantitative estimate of drug-likeness (QED) is 0.825. The summed E-state index contributed by atoms with van der Waals surface area (Å²) in [6, 6.07) is 8.03. The average molecular weight is 374 g/mol. The molecule has 2 amide bonds. The summed E-state index contributed by atoms with van der Waals surface area (Å²) in [5.41, 5.74) is 0.955. The van der Waals surface area contributed by atoms with E-state index in [1.165, 1.54) is 0 Å². The first-order chi connectivity index (χ1) is 12.1. The molecule has 0 unspecified atom stereocenters. The number of hydrazone groups is 1. The number of thiophene rings is 2. The van der Waals surface area contributed by atoms with Crippen molar-refractivity contribution in [2.45, 2.75) is 12.5 Å². The van der Waals surface area contributed by atoms with Gasteiger partial charge in [-0.1, -0.05) is 12.1 Å². The fourth-order valence-electron chi connectivity index (χ4n) is 3.14. The molecule has 1 saturated heterocycles. The average Bonchev–Trinajstić information content (AvgIpc) is 3.35. The molecule has 0 bridgehead atoms. The first-order valence-electron chi connectivity index (χ1n) is 8.05. The van der Waals surface area contributed by atoms with Gasteiger partial charge in [-0.25, -0.2) is 5.01 Å². The predicted molar refractivity (Wildman–Crippen MR) is 98.6 cm³/mol. The van der Waals surface area contributed by atoms with E-state index < -0.39 is 0 Å². The molecule has 130 valence electrons. The second kappa shape index (κ2) is 6.70. The molecule has 2 aliphatic heterocycles. The van der Waals surface area contributed by atoms with Crippen LogP contribution in [0.25, 0.3) is 0 Å². The molecule has 0 radical (unpaired) electrons. The number of rotatable bonds is 4. The Hall–Kier alpha value is -2.03. The molecule has 0 aromatic carbocycles. The Kier molecular flexibility index (Phi) is 4.41. The highest BCUT2D eigenvalue weighted by Crippen LogP contribution is 2.36. The fourth-order valence-corrected chi connectivity index (χ4v) is 4.68. The van der Waals surface area contributed by atoms with Crippen LogP contribution in [0.15, 0.2) is 40.1 Å². The number of amides is 2. The van der Waals surface area contributed by atoms with Crippen molar-refractivity contribution in [1.29, 1.82) is 0 Å². The summed E-state index contributed by atoms with van der Waals surface area (Å²) in [7, 11) is 1.75. The van der Waals surface area contributed by atoms with Gasteiger partial charge in [0.1, 0.15) is 0 Å². The van der Waals surface area contributed by atoms with Crippen LogP contribution in [-0.4, -0.2) is 59.1 Å². The molecule has 0 spiro atoms. The molecule has 1 fully saturated rings. The van der Waals surface area contributed by atoms with Crippen LogP contribution in [0.4, 0.5) is 0 Å². The standard InChI is InChI=1S/C17H18N4O2S2/c1-19-11-20(9-16(19)22)10-17(23)21-13(15-5-3-7-25-15)8-12(18-21)14-4-2-6-24-14/h2-7,13H,8-11H2,1H3/t13-/m0/s1. The molecule has 2 aromatic rings. The van der Waals surface area contributed by atoms with Gasteiger partial charge in [0.25, 0.3) is 5.91 Å². The van der Waals surface area contributed by atoms with Gasteiger partial charge in [0.05, 0.1) is 36.4 Å². The summed E-state index contributed by atoms with van der Waals surface area (Å²) >= 11 is 3.28. The van der Waals surface area contributed by atoms with E-state index in [4.69, 9.17) is 0 Å². The molecule has 0 N–H and O–H groups in total. The maximum absolute atomic E-state index is 12.9. The van der Waals surface area contributed by atoms with Crippen molar-refractivity contribution in [3.05, 3.63) is 44.8 Å². The third kappa shape index (κ3) is 3.24. The molecule has 0 aliphatic carbocycles. The highest BCUT2D eigenvalue weighted by atomic mass is 32.1. The lowest BCUT2D eigenvalue weighted by Gasteiger charge is -2.23. The molecule has 8 heteroatoms. The number of nitrogens with zero attached hydrogens (tertiary/aromatic N) is 4. The molecular weight excluding hydrogens is 356 g/mol. The molecular formula is C17H18N4O2S2. The zero-order valence-electron chi connectivity index (χ0n) is 13.8. The summed E-state index contributed by atoms with van der Waals surface area (Å²) in [5, 5.41) is 10.3. The molecule has 2 aliphatic rings. The van der Waals surface area contributed by atoms with E-state index in [0.29, 0.717) is 13.2 Å². The van der Waals surface area contributed by atoms with Gasteiger partial charge >= 0.3 is 0 Å². The van der Waals surface area contributed by atoms with Crippen LogP contribution in [-0.2, 0) is 9.59 Å². The van der Waals surface area contributed by atoms with Crippen molar-refractivity contribution >= 4 is 40.2 Å². The van der Waals surface area contributed by atoms with Crippen molar-refractivity contribution < 1.29 is 9.59 Å². The smallest absolute Gasteiger partial charge is 0.257 e. The molecule has 25 heavy (non-hydrogen) atoms. The van der Waals surface area contributed by atoms with Gasteiger partial charge in [-0.3, -0.25) is 14.5 Å². The Morgan fingerprint density at radius 3 is 2.72 bits per heavy atom. The largest absolute Gasteiger partial charge is 0.332 e. The minimum Gasteiger partial charge on any atom is -0.332 e. The molecule has 4 rings (SSSR count). The van der Waals surface area contributed by atoms with Crippen molar-refractivity contribution in [3.63, 3.8) is 0 Å². The van der Waals surface area contributed by atoms with Crippen molar-refractivity contribution in [2.75, 3.05) is 26.8 Å². The number of hydrogen-bond donors (Lipinski definition) is 0. The predicted octanol–water partition coefficient (Wildman–Crippen LogP) is 2.22. The number of likely N-dealkylation sites (N-methyl/N-ethyl adjacent to an activating group) is 1. The maximum atomic E-state index is 12.9. The van der Waals surface area contributed by atoms with Crippen molar-refractivity contribution in [3.8, 4) is 0 Å². The Morgan fingerprint density at radius 1 is 1.28 bits per heavy atom. The Labute approximate surface area is 154 Å². The van der Waals surface area contributed by atoms with Gasteiger partial charge in [0.15, 0.2) is 0 Å². The van der Waals surface area contributed by atoms with Crippen molar-refractivity contribution in [1.82, 2.24) is 14.8 Å². The fraction of sp³-hybridized carbons (Fsp3) is 0.353. The normalized spacial score (nSPS) is 21.2. The van der Waals surface area contributed by atoms with E-state index in [1.54, 1.807) is 39.6 Å². The van der Waals surface area contributed by atoms with Crippen LogP contribution in [0, 0.1) is 0 Å². The van der Waals surface area contributed by atoms with E-state index in [0.717, 1.165) is 21.9 Å². The number of carbonyl (C=O) groups excluding carboxylic acids is 2. The molecule has 1 atom stereocenters. The highest BCUT2D eigenvalue weighted by Gasteiger charge is 2.36. The Morgan fingerprint density at radius 2 is 2.08 bits per heavy atom. The topological polar surface area (TPSA) is 56.2 Å². The summed E-state index contributed by atoms with van der Waals surface area (Å²) in [6.45, 7) is 0.990. The Balaban J connectivity index is 1.55. The molecule has 2 aromatic heterocycles. The zero-order chi connectivity index (χ0) is 17.4. The van der Waals surface area contributed by atoms with E-state index in [2.05, 4.69) is 11.2 Å². The lowest BCUT2D eigenvalue weighted by atomic mass is 10.1. The maximum Gasteiger partial charge on any atom is 0.257 e. The van der Waals surface area contributed by atoms with Crippen LogP contribution in [0.3, 0.4) is 0 Å². The van der Waals surface area contributed by atoms with Crippen LogP contribution >= 0.6 is 22.7 Å². The Bertz CT molecular complexity index is 801. The van der Waals surface area contributed by atoms with Crippen LogP contribution in [0.2, 0.25) is 0 Å². The lowest BCUT2D eigenvalue weighted by Crippen LogP contribution is -2.37. The summed E-state index contributed by atoms with van der Waals surface area (Å²) in [4.78, 5) is 30.3. The minimum atomic E-state index is -0.0620. The molecule has 6 nitrogen and oxygen atoms in total. The van der Waals surface area contributed by atoms with Gasteiger partial charge in [0, 0.05) is 18.3 Å². The van der Waals surface area contributed by atoms with E-state index in [1.807, 2.05) is 33.9 Å². The van der Waals surface area contributed by atoms with Gasteiger partial charge in [-0.2, -0.15) is 5.10 Å². The second-order valence-electron chi connectivity index (χ2n) is 6.22. The van der Waals surface area contributed by atoms with E-state index >= 15 is 0 Å². The van der Waals surface area contributed by atoms with E-state index in [-0.39, 0.29) is 24.4 Å². The zero-order valence-corrected chi connectivity index (χ0v) is 15.4. The van der Waals surface area contributed by atoms with Gasteiger partial charge < -0.3 is 4.90 Å².